The van der Waals surface area contributed by atoms with Gasteiger partial charge in [-0.2, -0.15) is 23.5 Å². The maximum absolute atomic E-state index is 12.7. The Labute approximate surface area is 188 Å². The summed E-state index contributed by atoms with van der Waals surface area (Å²) in [5, 5.41) is 20.1. The van der Waals surface area contributed by atoms with Gasteiger partial charge in [-0.3, -0.25) is 9.48 Å². The highest BCUT2D eigenvalue weighted by molar-refractivity contribution is 7.92. The summed E-state index contributed by atoms with van der Waals surface area (Å²) in [6, 6.07) is 6.09. The predicted octanol–water partition coefficient (Wildman–Crippen LogP) is 2.86. The number of primary amides is 1. The zero-order valence-corrected chi connectivity index (χ0v) is 18.4. The number of aromatic nitrogens is 2. The highest BCUT2D eigenvalue weighted by Gasteiger charge is 2.46. The minimum atomic E-state index is -5.47. The third kappa shape index (κ3) is 5.12. The normalized spacial score (nSPS) is 21.4. The molecule has 1 saturated carbocycles. The van der Waals surface area contributed by atoms with Crippen molar-refractivity contribution in [3.05, 3.63) is 36.0 Å². The van der Waals surface area contributed by atoms with E-state index in [2.05, 4.69) is 21.8 Å². The highest BCUT2D eigenvalue weighted by Crippen LogP contribution is 2.35. The number of carbonyl (C=O) groups excluding carboxylic acids is 1. The van der Waals surface area contributed by atoms with Crippen LogP contribution in [0.1, 0.15) is 42.6 Å². The van der Waals surface area contributed by atoms with Crippen molar-refractivity contribution < 1.29 is 26.4 Å². The lowest BCUT2D eigenvalue weighted by Gasteiger charge is -2.32. The molecule has 3 rings (SSSR count). The Morgan fingerprint density at radius 3 is 2.52 bits per heavy atom. The van der Waals surface area contributed by atoms with E-state index in [-0.39, 0.29) is 35.1 Å². The van der Waals surface area contributed by atoms with E-state index in [1.807, 2.05) is 6.92 Å². The highest BCUT2D eigenvalue weighted by atomic mass is 32.2. The first-order valence-corrected chi connectivity index (χ1v) is 11.7. The Bertz CT molecular complexity index is 1160. The molecule has 13 heteroatoms. The van der Waals surface area contributed by atoms with Crippen LogP contribution in [0.3, 0.4) is 0 Å². The number of nitrogens with one attached hydrogen (secondary N) is 2. The third-order valence-corrected chi connectivity index (χ3v) is 7.04. The fraction of sp³-hybridized carbons (Fsp3) is 0.450. The fourth-order valence-corrected chi connectivity index (χ4v) is 4.67. The molecule has 1 aromatic heterocycles. The van der Waals surface area contributed by atoms with Gasteiger partial charge >= 0.3 is 5.51 Å². The van der Waals surface area contributed by atoms with E-state index >= 15 is 0 Å². The van der Waals surface area contributed by atoms with Crippen LogP contribution in [0, 0.1) is 17.2 Å². The number of amides is 1. The first-order chi connectivity index (χ1) is 15.5. The molecule has 1 amide bonds. The van der Waals surface area contributed by atoms with Gasteiger partial charge in [0.15, 0.2) is 5.82 Å². The van der Waals surface area contributed by atoms with E-state index in [4.69, 9.17) is 5.73 Å². The average molecular weight is 485 g/mol. The number of rotatable bonds is 7. The molecule has 33 heavy (non-hydrogen) atoms. The summed E-state index contributed by atoms with van der Waals surface area (Å²) < 4.78 is 62.7. The largest absolute Gasteiger partial charge is 0.501 e. The molecule has 1 aliphatic carbocycles. The molecule has 2 aromatic rings. The summed E-state index contributed by atoms with van der Waals surface area (Å²) in [7, 11) is -5.47. The SMILES string of the molecule is CCNC1CC[C@H](n2cc(C(N)=O)c(Nc3ccc(S(=O)(=O)C(F)(F)F)cc3)n2)[C@@H](C#N)C1. The van der Waals surface area contributed by atoms with Gasteiger partial charge in [-0.25, -0.2) is 8.42 Å². The smallest absolute Gasteiger partial charge is 0.365 e. The maximum atomic E-state index is 12.7. The van der Waals surface area contributed by atoms with Crippen molar-refractivity contribution in [1.82, 2.24) is 15.1 Å². The lowest BCUT2D eigenvalue weighted by Crippen LogP contribution is -2.38. The van der Waals surface area contributed by atoms with Gasteiger partial charge in [-0.1, -0.05) is 6.92 Å². The molecule has 1 unspecified atom stereocenters. The summed E-state index contributed by atoms with van der Waals surface area (Å²) in [6.45, 7) is 2.78. The van der Waals surface area contributed by atoms with E-state index in [1.165, 1.54) is 10.9 Å². The van der Waals surface area contributed by atoms with Crippen LogP contribution >= 0.6 is 0 Å². The van der Waals surface area contributed by atoms with Crippen LogP contribution in [0.5, 0.6) is 0 Å². The number of benzene rings is 1. The second-order valence-electron chi connectivity index (χ2n) is 7.70. The molecule has 1 aliphatic rings. The molecule has 0 spiro atoms. The zero-order chi connectivity index (χ0) is 24.4. The van der Waals surface area contributed by atoms with Crippen molar-refractivity contribution in [3.8, 4) is 6.07 Å². The summed E-state index contributed by atoms with van der Waals surface area (Å²) >= 11 is 0. The van der Waals surface area contributed by atoms with Crippen LogP contribution in [-0.2, 0) is 9.84 Å². The summed E-state index contributed by atoms with van der Waals surface area (Å²) in [5.74, 6) is -1.07. The first kappa shape index (κ1) is 24.5. The number of halogens is 3. The molecule has 178 valence electrons. The van der Waals surface area contributed by atoms with Crippen molar-refractivity contribution >= 4 is 27.2 Å². The van der Waals surface area contributed by atoms with Gasteiger partial charge in [0, 0.05) is 17.9 Å². The van der Waals surface area contributed by atoms with E-state index in [0.29, 0.717) is 12.8 Å². The standard InChI is InChI=1S/C20H23F3N6O3S/c1-2-26-14-5-8-17(12(9-14)10-24)29-11-16(18(25)30)19(28-29)27-13-3-6-15(7-4-13)33(31,32)20(21,22)23/h3-4,6-7,11-12,14,17,26H,2,5,8-9H2,1H3,(H2,25,30)(H,27,28)/t12-,14?,17+/m1/s1. The van der Waals surface area contributed by atoms with Crippen LogP contribution in [-0.4, -0.2) is 42.2 Å². The number of nitriles is 1. The number of alkyl halides is 3. The number of hydrogen-bond acceptors (Lipinski definition) is 7. The predicted molar refractivity (Wildman–Crippen MR) is 113 cm³/mol. The minimum Gasteiger partial charge on any atom is -0.365 e. The molecule has 9 nitrogen and oxygen atoms in total. The number of anilines is 2. The number of nitrogens with zero attached hydrogens (tertiary/aromatic N) is 3. The second-order valence-corrected chi connectivity index (χ2v) is 9.65. The van der Waals surface area contributed by atoms with Crippen LogP contribution in [0.15, 0.2) is 35.4 Å². The molecule has 0 radical (unpaired) electrons. The van der Waals surface area contributed by atoms with Crippen molar-refractivity contribution in [2.24, 2.45) is 11.7 Å². The van der Waals surface area contributed by atoms with Crippen molar-refractivity contribution in [2.75, 3.05) is 11.9 Å². The van der Waals surface area contributed by atoms with Gasteiger partial charge in [0.25, 0.3) is 15.7 Å². The van der Waals surface area contributed by atoms with Crippen molar-refractivity contribution in [1.29, 1.82) is 5.26 Å². The summed E-state index contributed by atoms with van der Waals surface area (Å²) in [4.78, 5) is 11.0. The first-order valence-electron chi connectivity index (χ1n) is 10.2. The molecule has 0 aliphatic heterocycles. The van der Waals surface area contributed by atoms with Crippen molar-refractivity contribution in [3.63, 3.8) is 0 Å². The zero-order valence-electron chi connectivity index (χ0n) is 17.6. The van der Waals surface area contributed by atoms with Gasteiger partial charge in [-0.05, 0) is 50.1 Å². The molecule has 3 atom stereocenters. The molecule has 0 bridgehead atoms. The minimum absolute atomic E-state index is 0.0347. The Morgan fingerprint density at radius 1 is 1.30 bits per heavy atom. The average Bonchev–Trinajstić information content (AvgIpc) is 3.17. The van der Waals surface area contributed by atoms with Crippen LogP contribution in [0.2, 0.25) is 0 Å². The van der Waals surface area contributed by atoms with E-state index in [0.717, 1.165) is 37.2 Å². The Morgan fingerprint density at radius 2 is 1.97 bits per heavy atom. The van der Waals surface area contributed by atoms with Gasteiger partial charge in [-0.15, -0.1) is 0 Å². The quantitative estimate of drug-likeness (QED) is 0.548. The van der Waals surface area contributed by atoms with Gasteiger partial charge in [0.05, 0.1) is 22.9 Å². The molecule has 4 N–H and O–H groups in total. The van der Waals surface area contributed by atoms with Crippen molar-refractivity contribution in [2.45, 2.75) is 48.7 Å². The van der Waals surface area contributed by atoms with Gasteiger partial charge in [0.1, 0.15) is 5.56 Å². The molecule has 1 heterocycles. The number of nitrogens with two attached hydrogens (primary N) is 1. The van der Waals surface area contributed by atoms with Crippen LogP contribution in [0.25, 0.3) is 0 Å². The second kappa shape index (κ2) is 9.40. The van der Waals surface area contributed by atoms with Gasteiger partial charge < -0.3 is 16.4 Å². The number of hydrogen-bond donors (Lipinski definition) is 3. The summed E-state index contributed by atoms with van der Waals surface area (Å²) in [6.07, 6.45) is 3.54. The van der Waals surface area contributed by atoms with Crippen LogP contribution < -0.4 is 16.4 Å². The van der Waals surface area contributed by atoms with Crippen LogP contribution in [0.4, 0.5) is 24.7 Å². The van der Waals surface area contributed by atoms with E-state index < -0.39 is 26.1 Å². The van der Waals surface area contributed by atoms with E-state index in [1.54, 1.807) is 0 Å². The van der Waals surface area contributed by atoms with Gasteiger partial charge in [0.2, 0.25) is 0 Å². The maximum Gasteiger partial charge on any atom is 0.501 e. The molecule has 1 fully saturated rings. The Hall–Kier alpha value is -3.11. The number of carbonyl (C=O) groups is 1. The lowest BCUT2D eigenvalue weighted by atomic mass is 9.82. The molecular weight excluding hydrogens is 461 g/mol. The topological polar surface area (TPSA) is 143 Å². The third-order valence-electron chi connectivity index (χ3n) is 5.54. The summed E-state index contributed by atoms with van der Waals surface area (Å²) in [5.41, 5.74) is 0.283. The van der Waals surface area contributed by atoms with E-state index in [9.17, 15) is 31.6 Å². The Kier molecular flexibility index (Phi) is 6.99. The monoisotopic (exact) mass is 484 g/mol. The fourth-order valence-electron chi connectivity index (χ4n) is 3.91. The molecule has 1 aromatic carbocycles. The molecular formula is C20H23F3N6O3S. The molecule has 0 saturated heterocycles. The Balaban J connectivity index is 1.85. The lowest BCUT2D eigenvalue weighted by molar-refractivity contribution is -0.0436. The number of sulfone groups is 1.